The molecule has 0 aliphatic heterocycles. The number of hydrogen-bond acceptors (Lipinski definition) is 21. The predicted molar refractivity (Wildman–Crippen MR) is 516 cm³/mol. The van der Waals surface area contributed by atoms with Crippen molar-refractivity contribution in [1.29, 1.82) is 0 Å². The van der Waals surface area contributed by atoms with E-state index in [0.717, 1.165) is 108 Å². The number of aryl methyl sites for hydroxylation is 3. The molecule has 18 nitrogen and oxygen atoms in total. The quantitative estimate of drug-likeness (QED) is 0.00860. The minimum atomic E-state index is -0.480. The number of ether oxygens (including phenoxy) is 9. The fourth-order valence-corrected chi connectivity index (χ4v) is 15.7. The second-order valence-corrected chi connectivity index (χ2v) is 34.3. The Balaban J connectivity index is 0.000000265. The summed E-state index contributed by atoms with van der Waals surface area (Å²) in [6, 6.07) is 63.6. The van der Waals surface area contributed by atoms with Gasteiger partial charge in [0.25, 0.3) is 0 Å². The summed E-state index contributed by atoms with van der Waals surface area (Å²) in [7, 11) is 0. The number of unbranched alkanes of at least 4 members (excludes halogenated alkanes) is 21. The molecule has 129 heavy (non-hydrogen) atoms. The van der Waals surface area contributed by atoms with E-state index in [0.29, 0.717) is 87.7 Å². The SMILES string of the molecule is C=CC(=O)OCCCCSc1ccc(C(=O)Oc2ccc(C(=O)Oc3ccc(CCCCCCCC)cc3)cc2)cc1.C=CC(=O)OCCCCSc1ccc(C(=O)Oc2ccc(C(=O)Oc3ccc(CCCCCCCCC)cc3)cc2)cc1.C=CC(=O)OCCCCSc1ccc(C(=O)Oc2ccc(C(=O)Oc3ccc(CCCCCCCCCC)cc3)cc2)cc1. The van der Waals surface area contributed by atoms with Crippen molar-refractivity contribution < 1.29 is 85.8 Å². The van der Waals surface area contributed by atoms with E-state index in [-0.39, 0.29) is 0 Å². The largest absolute Gasteiger partial charge is 0.463 e. The maximum atomic E-state index is 12.6. The van der Waals surface area contributed by atoms with E-state index in [1.807, 2.05) is 109 Å². The minimum Gasteiger partial charge on any atom is -0.463 e. The van der Waals surface area contributed by atoms with Crippen molar-refractivity contribution in [2.45, 2.75) is 228 Å². The minimum absolute atomic E-state index is 0.339. The Morgan fingerprint density at radius 2 is 0.403 bits per heavy atom. The lowest BCUT2D eigenvalue weighted by Gasteiger charge is -2.08. The van der Waals surface area contributed by atoms with Gasteiger partial charge in [0.05, 0.1) is 53.2 Å². The first-order chi connectivity index (χ1) is 62.9. The molecule has 9 aromatic carbocycles. The molecule has 0 saturated carbocycles. The van der Waals surface area contributed by atoms with Crippen molar-refractivity contribution in [3.05, 3.63) is 306 Å². The molecule has 0 unspecified atom stereocenters. The van der Waals surface area contributed by atoms with Crippen LogP contribution in [0.1, 0.15) is 273 Å². The molecule has 0 fully saturated rings. The van der Waals surface area contributed by atoms with E-state index >= 15 is 0 Å². The van der Waals surface area contributed by atoms with E-state index in [4.69, 9.17) is 42.6 Å². The number of rotatable bonds is 57. The van der Waals surface area contributed by atoms with Crippen LogP contribution in [0, 0.1) is 0 Å². The highest BCUT2D eigenvalue weighted by Crippen LogP contribution is 2.28. The second kappa shape index (κ2) is 63.4. The standard InChI is InChI=1S/C37H44O6S.C36H42O6S.C35H40O6S/c1-3-5-6-7-8-9-10-11-14-29-15-21-32(22-16-29)42-36(39)30-17-23-33(24-18-30)43-37(40)31-19-25-34(26-20-31)44-28-13-12-27-41-35(38)4-2;1-3-5-6-7-8-9-10-13-28-14-20-31(21-15-28)41-35(38)29-16-22-32(23-17-29)42-36(39)30-18-24-33(25-19-30)43-27-12-11-26-40-34(37)4-2;1-3-5-6-7-8-9-12-27-13-19-30(20-14-27)40-34(37)28-15-21-31(22-16-28)41-35(38)29-17-23-32(24-18-29)42-26-11-10-25-39-33(36)4-2/h4,15-26H,2-3,5-14,27-28H2,1H3;4,14-25H,2-3,5-13,26-27H2,1H3;4,13-24H,2-3,5-12,25-26H2,1H3. The van der Waals surface area contributed by atoms with Gasteiger partial charge in [-0.2, -0.15) is 0 Å². The van der Waals surface area contributed by atoms with Crippen LogP contribution in [0.5, 0.6) is 34.5 Å². The molecule has 0 N–H and O–H groups in total. The van der Waals surface area contributed by atoms with Crippen molar-refractivity contribution in [3.63, 3.8) is 0 Å². The molecular weight excluding hydrogens is 1680 g/mol. The summed E-state index contributed by atoms with van der Waals surface area (Å²) in [4.78, 5) is 112. The average Bonchev–Trinajstić information content (AvgIpc) is 0.858. The van der Waals surface area contributed by atoms with Crippen LogP contribution in [0.2, 0.25) is 0 Å². The molecule has 0 saturated heterocycles. The Labute approximate surface area is 775 Å². The maximum Gasteiger partial charge on any atom is 0.343 e. The van der Waals surface area contributed by atoms with E-state index in [2.05, 4.69) is 40.5 Å². The molecule has 0 atom stereocenters. The summed E-state index contributed by atoms with van der Waals surface area (Å²) in [5, 5.41) is 0. The average molecular weight is 1810 g/mol. The van der Waals surface area contributed by atoms with Crippen LogP contribution in [0.15, 0.2) is 271 Å². The van der Waals surface area contributed by atoms with Crippen LogP contribution in [0.25, 0.3) is 0 Å². The van der Waals surface area contributed by atoms with Crippen molar-refractivity contribution >= 4 is 89.0 Å². The third-order valence-corrected chi connectivity index (χ3v) is 23.7. The van der Waals surface area contributed by atoms with Crippen molar-refractivity contribution in [1.82, 2.24) is 0 Å². The summed E-state index contributed by atoms with van der Waals surface area (Å²) in [5.74, 6) is 1.07. The Kier molecular flexibility index (Phi) is 51.4. The topological polar surface area (TPSA) is 237 Å². The lowest BCUT2D eigenvalue weighted by atomic mass is 10.0. The zero-order chi connectivity index (χ0) is 92.1. The van der Waals surface area contributed by atoms with Gasteiger partial charge in [-0.05, 0) is 293 Å². The zero-order valence-electron chi connectivity index (χ0n) is 75.2. The first kappa shape index (κ1) is 105. The van der Waals surface area contributed by atoms with Crippen molar-refractivity contribution in [2.75, 3.05) is 37.1 Å². The highest BCUT2D eigenvalue weighted by atomic mass is 32.2. The van der Waals surface area contributed by atoms with Gasteiger partial charge in [0.2, 0.25) is 0 Å². The number of thioether (sulfide) groups is 3. The number of hydrogen-bond donors (Lipinski definition) is 0. The Hall–Kier alpha value is -11.5. The van der Waals surface area contributed by atoms with Crippen LogP contribution in [-0.4, -0.2) is 90.8 Å². The molecule has 9 aromatic rings. The molecule has 0 spiro atoms. The van der Waals surface area contributed by atoms with E-state index < -0.39 is 53.7 Å². The smallest absolute Gasteiger partial charge is 0.343 e. The third-order valence-electron chi connectivity index (χ3n) is 20.4. The van der Waals surface area contributed by atoms with Gasteiger partial charge in [-0.25, -0.2) is 43.2 Å². The van der Waals surface area contributed by atoms with Crippen molar-refractivity contribution in [3.8, 4) is 34.5 Å². The summed E-state index contributed by atoms with van der Waals surface area (Å²) in [6.45, 7) is 17.9. The van der Waals surface area contributed by atoms with Crippen LogP contribution in [-0.2, 0) is 47.9 Å². The van der Waals surface area contributed by atoms with Crippen LogP contribution in [0.3, 0.4) is 0 Å². The van der Waals surface area contributed by atoms with Gasteiger partial charge in [-0.3, -0.25) is 0 Å². The lowest BCUT2D eigenvalue weighted by molar-refractivity contribution is -0.138. The summed E-state index contributed by atoms with van der Waals surface area (Å²) in [6.07, 6.45) is 38.5. The second-order valence-electron chi connectivity index (χ2n) is 30.8. The van der Waals surface area contributed by atoms with Gasteiger partial charge in [-0.15, -0.1) is 35.3 Å². The molecule has 0 amide bonds. The van der Waals surface area contributed by atoms with Gasteiger partial charge in [0.15, 0.2) is 0 Å². The summed E-state index contributed by atoms with van der Waals surface area (Å²) < 4.78 is 47.9. The van der Waals surface area contributed by atoms with Gasteiger partial charge in [0.1, 0.15) is 34.5 Å². The molecule has 9 rings (SSSR count). The van der Waals surface area contributed by atoms with Gasteiger partial charge >= 0.3 is 53.7 Å². The highest BCUT2D eigenvalue weighted by Gasteiger charge is 2.18. The molecule has 684 valence electrons. The monoisotopic (exact) mass is 1810 g/mol. The predicted octanol–water partition coefficient (Wildman–Crippen LogP) is 27.1. The normalized spacial score (nSPS) is 10.6. The molecule has 0 aliphatic carbocycles. The maximum absolute atomic E-state index is 12.6. The third kappa shape index (κ3) is 43.9. The number of carbonyl (C=O) groups excluding carboxylic acids is 9. The lowest BCUT2D eigenvalue weighted by Crippen LogP contribution is -2.10. The van der Waals surface area contributed by atoms with Crippen LogP contribution >= 0.6 is 35.3 Å². The summed E-state index contributed by atoms with van der Waals surface area (Å²) >= 11 is 4.99. The van der Waals surface area contributed by atoms with Gasteiger partial charge in [-0.1, -0.05) is 192 Å². The first-order valence-corrected chi connectivity index (χ1v) is 48.4. The van der Waals surface area contributed by atoms with Gasteiger partial charge < -0.3 is 42.6 Å². The van der Waals surface area contributed by atoms with E-state index in [1.54, 1.807) is 144 Å². The Morgan fingerprint density at radius 3 is 0.597 bits per heavy atom. The molecule has 0 aromatic heterocycles. The summed E-state index contributed by atoms with van der Waals surface area (Å²) in [5.41, 5.74) is 6.13. The number of benzene rings is 9. The molecule has 0 heterocycles. The molecular formula is C108H126O18S3. The number of carbonyl (C=O) groups is 9. The molecule has 21 heteroatoms. The van der Waals surface area contributed by atoms with E-state index in [9.17, 15) is 43.2 Å². The Morgan fingerprint density at radius 1 is 0.225 bits per heavy atom. The zero-order valence-corrected chi connectivity index (χ0v) is 77.6. The van der Waals surface area contributed by atoms with Crippen LogP contribution in [0.4, 0.5) is 0 Å². The van der Waals surface area contributed by atoms with Crippen molar-refractivity contribution in [2.24, 2.45) is 0 Å². The molecule has 0 bridgehead atoms. The molecule has 0 aliphatic rings. The molecule has 0 radical (unpaired) electrons. The first-order valence-electron chi connectivity index (χ1n) is 45.4. The number of esters is 9. The van der Waals surface area contributed by atoms with Gasteiger partial charge in [0, 0.05) is 32.9 Å². The fourth-order valence-electron chi connectivity index (χ4n) is 12.9. The highest BCUT2D eigenvalue weighted by molar-refractivity contribution is 7.99. The Bertz CT molecular complexity index is 4820. The fraction of sp³-hybridized carbons (Fsp3) is 0.361. The van der Waals surface area contributed by atoms with E-state index in [1.165, 1.54) is 152 Å². The van der Waals surface area contributed by atoms with Crippen LogP contribution < -0.4 is 28.4 Å².